The molecule has 0 bridgehead atoms. The lowest BCUT2D eigenvalue weighted by atomic mass is 10.1. The summed E-state index contributed by atoms with van der Waals surface area (Å²) in [5.41, 5.74) is 0. The van der Waals surface area contributed by atoms with Crippen LogP contribution in [0.5, 0.6) is 5.75 Å². The smallest absolute Gasteiger partial charge is 0.317 e. The maximum absolute atomic E-state index is 12.8. The third-order valence-corrected chi connectivity index (χ3v) is 3.91. The van der Waals surface area contributed by atoms with Crippen LogP contribution in [-0.2, 0) is 4.79 Å². The molecule has 1 heterocycles. The number of unbranched alkanes of at least 4 members (excludes halogenated alkanes) is 1. The minimum absolute atomic E-state index is 0.0743. The highest BCUT2D eigenvalue weighted by Gasteiger charge is 2.33. The van der Waals surface area contributed by atoms with Gasteiger partial charge in [-0.25, -0.2) is 9.18 Å². The molecule has 2 amide bonds. The fraction of sp³-hybridized carbons (Fsp3) is 0.529. The van der Waals surface area contributed by atoms with Crippen LogP contribution in [0.2, 0.25) is 0 Å². The van der Waals surface area contributed by atoms with Gasteiger partial charge in [-0.15, -0.1) is 0 Å². The highest BCUT2D eigenvalue weighted by Crippen LogP contribution is 2.19. The number of carbonyl (C=O) groups is 2. The number of rotatable bonds is 8. The number of carbonyl (C=O) groups excluding carboxylic acids is 1. The number of ether oxygens (including phenoxy) is 1. The Kier molecular flexibility index (Phi) is 6.40. The van der Waals surface area contributed by atoms with Crippen LogP contribution in [0.15, 0.2) is 24.3 Å². The van der Waals surface area contributed by atoms with Gasteiger partial charge >= 0.3 is 12.0 Å². The van der Waals surface area contributed by atoms with Crippen LogP contribution < -0.4 is 10.1 Å². The van der Waals surface area contributed by atoms with Crippen molar-refractivity contribution in [2.75, 3.05) is 13.1 Å². The van der Waals surface area contributed by atoms with Gasteiger partial charge in [0.15, 0.2) is 0 Å². The van der Waals surface area contributed by atoms with E-state index < -0.39 is 5.97 Å². The van der Waals surface area contributed by atoms with E-state index in [-0.39, 0.29) is 30.4 Å². The molecule has 2 N–H and O–H groups in total. The standard InChI is InChI=1S/C17H23FN2O4/c1-2-3-4-13(9-16(21)22)19-17(23)20-10-15(11-20)24-14-7-5-12(18)6-8-14/h5-8,13,15H,2-4,9-11H2,1H3,(H,19,23)(H,21,22). The van der Waals surface area contributed by atoms with Crippen LogP contribution in [0, 0.1) is 5.82 Å². The summed E-state index contributed by atoms with van der Waals surface area (Å²) in [5.74, 6) is -0.681. The maximum Gasteiger partial charge on any atom is 0.317 e. The lowest BCUT2D eigenvalue weighted by Crippen LogP contribution is -2.60. The second kappa shape index (κ2) is 8.52. The van der Waals surface area contributed by atoms with Gasteiger partial charge in [-0.1, -0.05) is 19.8 Å². The minimum atomic E-state index is -0.919. The average molecular weight is 338 g/mol. The molecule has 1 aliphatic rings. The fourth-order valence-electron chi connectivity index (χ4n) is 2.54. The number of halogens is 1. The molecule has 0 saturated carbocycles. The first-order chi connectivity index (χ1) is 11.5. The van der Waals surface area contributed by atoms with Crippen molar-refractivity contribution in [3.63, 3.8) is 0 Å². The van der Waals surface area contributed by atoms with Crippen molar-refractivity contribution >= 4 is 12.0 Å². The number of benzene rings is 1. The van der Waals surface area contributed by atoms with Gasteiger partial charge < -0.3 is 20.1 Å². The van der Waals surface area contributed by atoms with Crippen LogP contribution in [0.1, 0.15) is 32.6 Å². The van der Waals surface area contributed by atoms with Gasteiger partial charge in [0.25, 0.3) is 0 Å². The number of likely N-dealkylation sites (tertiary alicyclic amines) is 1. The van der Waals surface area contributed by atoms with Gasteiger partial charge in [0.05, 0.1) is 19.5 Å². The van der Waals surface area contributed by atoms with Gasteiger partial charge in [-0.3, -0.25) is 4.79 Å². The lowest BCUT2D eigenvalue weighted by molar-refractivity contribution is -0.137. The Labute approximate surface area is 140 Å². The molecule has 0 aromatic heterocycles. The highest BCUT2D eigenvalue weighted by molar-refractivity contribution is 5.76. The molecule has 24 heavy (non-hydrogen) atoms. The normalized spacial score (nSPS) is 15.5. The largest absolute Gasteiger partial charge is 0.487 e. The molecule has 1 unspecified atom stereocenters. The predicted octanol–water partition coefficient (Wildman–Crippen LogP) is 2.63. The van der Waals surface area contributed by atoms with Crippen molar-refractivity contribution in [1.82, 2.24) is 10.2 Å². The second-order valence-corrected chi connectivity index (χ2v) is 5.99. The third-order valence-electron chi connectivity index (χ3n) is 3.91. The topological polar surface area (TPSA) is 78.9 Å². The summed E-state index contributed by atoms with van der Waals surface area (Å²) in [6.07, 6.45) is 2.26. The Balaban J connectivity index is 1.75. The van der Waals surface area contributed by atoms with Gasteiger partial charge in [0.1, 0.15) is 17.7 Å². The van der Waals surface area contributed by atoms with E-state index in [0.717, 1.165) is 12.8 Å². The Bertz CT molecular complexity index is 558. The van der Waals surface area contributed by atoms with Crippen molar-refractivity contribution in [1.29, 1.82) is 0 Å². The lowest BCUT2D eigenvalue weighted by Gasteiger charge is -2.39. The highest BCUT2D eigenvalue weighted by atomic mass is 19.1. The molecule has 1 aromatic rings. The molecule has 132 valence electrons. The summed E-state index contributed by atoms with van der Waals surface area (Å²) >= 11 is 0. The molecule has 1 fully saturated rings. The summed E-state index contributed by atoms with van der Waals surface area (Å²) in [6, 6.07) is 5.12. The zero-order chi connectivity index (χ0) is 17.5. The Hall–Kier alpha value is -2.31. The first-order valence-corrected chi connectivity index (χ1v) is 8.17. The molecule has 1 saturated heterocycles. The first-order valence-electron chi connectivity index (χ1n) is 8.17. The van der Waals surface area contributed by atoms with Crippen molar-refractivity contribution in [3.05, 3.63) is 30.1 Å². The Morgan fingerprint density at radius 1 is 1.38 bits per heavy atom. The minimum Gasteiger partial charge on any atom is -0.487 e. The number of carboxylic acid groups (broad SMARTS) is 1. The maximum atomic E-state index is 12.8. The van der Waals surface area contributed by atoms with E-state index >= 15 is 0 Å². The van der Waals surface area contributed by atoms with Crippen LogP contribution in [-0.4, -0.2) is 47.2 Å². The summed E-state index contributed by atoms with van der Waals surface area (Å²) in [5, 5.41) is 11.7. The molecule has 7 heteroatoms. The Morgan fingerprint density at radius 2 is 2.04 bits per heavy atom. The van der Waals surface area contributed by atoms with Crippen molar-refractivity contribution in [3.8, 4) is 5.75 Å². The Morgan fingerprint density at radius 3 is 2.62 bits per heavy atom. The summed E-state index contributed by atoms with van der Waals surface area (Å²) < 4.78 is 18.5. The van der Waals surface area contributed by atoms with E-state index in [0.29, 0.717) is 25.3 Å². The van der Waals surface area contributed by atoms with E-state index in [1.165, 1.54) is 12.1 Å². The monoisotopic (exact) mass is 338 g/mol. The van der Waals surface area contributed by atoms with Crippen LogP contribution in [0.4, 0.5) is 9.18 Å². The molecule has 0 radical (unpaired) electrons. The number of nitrogens with zero attached hydrogens (tertiary/aromatic N) is 1. The van der Waals surface area contributed by atoms with E-state index in [9.17, 15) is 14.0 Å². The van der Waals surface area contributed by atoms with E-state index in [4.69, 9.17) is 9.84 Å². The van der Waals surface area contributed by atoms with Crippen molar-refractivity contribution in [2.24, 2.45) is 0 Å². The van der Waals surface area contributed by atoms with Crippen LogP contribution in [0.25, 0.3) is 0 Å². The zero-order valence-corrected chi connectivity index (χ0v) is 13.7. The first kappa shape index (κ1) is 18.0. The van der Waals surface area contributed by atoms with Crippen LogP contribution >= 0.6 is 0 Å². The van der Waals surface area contributed by atoms with Crippen LogP contribution in [0.3, 0.4) is 0 Å². The number of nitrogens with one attached hydrogen (secondary N) is 1. The number of urea groups is 1. The van der Waals surface area contributed by atoms with E-state index in [2.05, 4.69) is 5.32 Å². The second-order valence-electron chi connectivity index (χ2n) is 5.99. The zero-order valence-electron chi connectivity index (χ0n) is 13.7. The fourth-order valence-corrected chi connectivity index (χ4v) is 2.54. The van der Waals surface area contributed by atoms with Crippen molar-refractivity contribution < 1.29 is 23.8 Å². The van der Waals surface area contributed by atoms with Gasteiger partial charge in [-0.2, -0.15) is 0 Å². The summed E-state index contributed by atoms with van der Waals surface area (Å²) in [6.45, 7) is 2.88. The van der Waals surface area contributed by atoms with E-state index in [1.54, 1.807) is 17.0 Å². The molecular weight excluding hydrogens is 315 g/mol. The molecule has 1 aromatic carbocycles. The third kappa shape index (κ3) is 5.40. The number of hydrogen-bond donors (Lipinski definition) is 2. The molecule has 1 aliphatic heterocycles. The van der Waals surface area contributed by atoms with E-state index in [1.807, 2.05) is 6.92 Å². The SMILES string of the molecule is CCCCC(CC(=O)O)NC(=O)N1CC(Oc2ccc(F)cc2)C1. The summed E-state index contributed by atoms with van der Waals surface area (Å²) in [7, 11) is 0. The predicted molar refractivity (Wildman–Crippen MR) is 86.5 cm³/mol. The summed E-state index contributed by atoms with van der Waals surface area (Å²) in [4.78, 5) is 24.6. The average Bonchev–Trinajstić information content (AvgIpc) is 2.49. The van der Waals surface area contributed by atoms with Gasteiger partial charge in [-0.05, 0) is 30.7 Å². The molecule has 6 nitrogen and oxygen atoms in total. The number of aliphatic carboxylic acids is 1. The number of carboxylic acids is 1. The number of amides is 2. The number of hydrogen-bond acceptors (Lipinski definition) is 3. The molecule has 2 rings (SSSR count). The molecule has 0 aliphatic carbocycles. The van der Waals surface area contributed by atoms with Gasteiger partial charge in [0.2, 0.25) is 0 Å². The molecular formula is C17H23FN2O4. The molecule has 0 spiro atoms. The van der Waals surface area contributed by atoms with Crippen molar-refractivity contribution in [2.45, 2.75) is 44.8 Å². The van der Waals surface area contributed by atoms with Gasteiger partial charge in [0, 0.05) is 6.04 Å². The molecule has 1 atom stereocenters. The quantitative estimate of drug-likeness (QED) is 0.764.